The molecule has 1 unspecified atom stereocenters. The van der Waals surface area contributed by atoms with Gasteiger partial charge in [-0.2, -0.15) is 5.26 Å². The maximum atomic E-state index is 12.5. The van der Waals surface area contributed by atoms with Crippen molar-refractivity contribution in [3.05, 3.63) is 35.4 Å². The van der Waals surface area contributed by atoms with E-state index in [4.69, 9.17) is 9.47 Å². The molecule has 2 saturated heterocycles. The molecule has 2 aliphatic heterocycles. The number of benzene rings is 1. The number of ether oxygens (including phenoxy) is 2. The van der Waals surface area contributed by atoms with Crippen molar-refractivity contribution in [1.29, 1.82) is 5.26 Å². The molecule has 5 atom stereocenters. The Morgan fingerprint density at radius 3 is 2.50 bits per heavy atom. The van der Waals surface area contributed by atoms with E-state index in [1.807, 2.05) is 18.2 Å². The molecule has 2 fully saturated rings. The number of nitriles is 1. The van der Waals surface area contributed by atoms with Crippen LogP contribution in [0.25, 0.3) is 6.08 Å². The van der Waals surface area contributed by atoms with Gasteiger partial charge in [0.2, 0.25) is 0 Å². The van der Waals surface area contributed by atoms with Crippen molar-refractivity contribution in [3.63, 3.8) is 0 Å². The normalized spacial score (nSPS) is 29.9. The van der Waals surface area contributed by atoms with Crippen LogP contribution in [0.1, 0.15) is 18.9 Å². The largest absolute Gasteiger partial charge is 0.388 e. The van der Waals surface area contributed by atoms with Gasteiger partial charge in [-0.3, -0.25) is 4.79 Å². The molecule has 162 valence electrons. The predicted molar refractivity (Wildman–Crippen MR) is 108 cm³/mol. The minimum Gasteiger partial charge on any atom is -0.388 e. The van der Waals surface area contributed by atoms with Crippen LogP contribution >= 0.6 is 0 Å². The molecule has 2 heterocycles. The van der Waals surface area contributed by atoms with Gasteiger partial charge >= 0.3 is 0 Å². The number of aliphatic hydroxyl groups excluding tert-OH is 3. The van der Waals surface area contributed by atoms with Gasteiger partial charge in [-0.15, -0.1) is 0 Å². The van der Waals surface area contributed by atoms with Crippen molar-refractivity contribution in [2.45, 2.75) is 44.0 Å². The zero-order valence-electron chi connectivity index (χ0n) is 16.8. The van der Waals surface area contributed by atoms with Crippen molar-refractivity contribution in [1.82, 2.24) is 5.32 Å². The van der Waals surface area contributed by atoms with Crippen LogP contribution in [0.3, 0.4) is 0 Å². The van der Waals surface area contributed by atoms with Crippen molar-refractivity contribution >= 4 is 17.7 Å². The Kier molecular flexibility index (Phi) is 7.42. The third-order valence-electron chi connectivity index (χ3n) is 5.37. The van der Waals surface area contributed by atoms with E-state index in [9.17, 15) is 25.4 Å². The molecule has 1 aromatic carbocycles. The molecule has 3 rings (SSSR count). The van der Waals surface area contributed by atoms with Crippen LogP contribution in [-0.4, -0.2) is 78.2 Å². The highest BCUT2D eigenvalue weighted by Crippen LogP contribution is 2.22. The SMILES string of the molecule is CC[C@H]1OC(O)[C@H](NC(=O)/C(C#N)=C/c2ccc(N3CCOCC3)cc2)[C@@H](O)[C@@H]1O. The Labute approximate surface area is 175 Å². The molecule has 0 radical (unpaired) electrons. The molecule has 0 saturated carbocycles. The van der Waals surface area contributed by atoms with E-state index in [1.165, 1.54) is 6.08 Å². The smallest absolute Gasteiger partial charge is 0.262 e. The van der Waals surface area contributed by atoms with Gasteiger partial charge < -0.3 is 35.0 Å². The number of anilines is 1. The molecule has 9 heteroatoms. The van der Waals surface area contributed by atoms with Gasteiger partial charge in [0.15, 0.2) is 6.29 Å². The maximum absolute atomic E-state index is 12.5. The zero-order chi connectivity index (χ0) is 21.7. The van der Waals surface area contributed by atoms with Gasteiger partial charge in [0, 0.05) is 18.8 Å². The summed E-state index contributed by atoms with van der Waals surface area (Å²) < 4.78 is 10.6. The number of nitrogens with zero attached hydrogens (tertiary/aromatic N) is 2. The molecular formula is C21H27N3O6. The molecule has 9 nitrogen and oxygen atoms in total. The first-order valence-electron chi connectivity index (χ1n) is 9.99. The van der Waals surface area contributed by atoms with Gasteiger partial charge in [0.25, 0.3) is 5.91 Å². The number of morpholine rings is 1. The second-order valence-corrected chi connectivity index (χ2v) is 7.31. The highest BCUT2D eigenvalue weighted by Gasteiger charge is 2.44. The van der Waals surface area contributed by atoms with E-state index in [-0.39, 0.29) is 5.57 Å². The molecular weight excluding hydrogens is 390 g/mol. The summed E-state index contributed by atoms with van der Waals surface area (Å²) in [6.07, 6.45) is -3.10. The lowest BCUT2D eigenvalue weighted by Crippen LogP contribution is -2.63. The lowest BCUT2D eigenvalue weighted by molar-refractivity contribution is -0.247. The third-order valence-corrected chi connectivity index (χ3v) is 5.37. The average Bonchev–Trinajstić information content (AvgIpc) is 2.78. The monoisotopic (exact) mass is 417 g/mol. The Hall–Kier alpha value is -2.48. The summed E-state index contributed by atoms with van der Waals surface area (Å²) in [6, 6.07) is 8.01. The second-order valence-electron chi connectivity index (χ2n) is 7.31. The number of nitrogens with one attached hydrogen (secondary N) is 1. The van der Waals surface area contributed by atoms with Crippen LogP contribution in [0.2, 0.25) is 0 Å². The molecule has 0 aromatic heterocycles. The van der Waals surface area contributed by atoms with E-state index in [0.717, 1.165) is 18.8 Å². The molecule has 2 aliphatic rings. The summed E-state index contributed by atoms with van der Waals surface area (Å²) >= 11 is 0. The minimum atomic E-state index is -1.50. The summed E-state index contributed by atoms with van der Waals surface area (Å²) in [5.41, 5.74) is 1.50. The Morgan fingerprint density at radius 1 is 1.23 bits per heavy atom. The van der Waals surface area contributed by atoms with Crippen molar-refractivity contribution in [3.8, 4) is 6.07 Å². The number of amides is 1. The van der Waals surface area contributed by atoms with Crippen molar-refractivity contribution < 1.29 is 29.6 Å². The highest BCUT2D eigenvalue weighted by molar-refractivity contribution is 6.01. The number of rotatable bonds is 5. The van der Waals surface area contributed by atoms with Gasteiger partial charge in [-0.05, 0) is 30.2 Å². The van der Waals surface area contributed by atoms with Gasteiger partial charge in [-0.25, -0.2) is 0 Å². The third kappa shape index (κ3) is 4.98. The molecule has 0 aliphatic carbocycles. The maximum Gasteiger partial charge on any atom is 0.262 e. The number of aliphatic hydroxyl groups is 3. The first kappa shape index (κ1) is 22.2. The standard InChI is InChI=1S/C21H27N3O6/c1-2-16-18(25)19(26)17(21(28)30-16)23-20(27)14(12-22)11-13-3-5-15(6-4-13)24-7-9-29-10-8-24/h3-6,11,16-19,21,25-26,28H,2,7-10H2,1H3,(H,23,27)/b14-11+/t16-,17-,18-,19-,21?/m1/s1. The fraction of sp³-hybridized carbons (Fsp3) is 0.524. The zero-order valence-corrected chi connectivity index (χ0v) is 16.8. The minimum absolute atomic E-state index is 0.194. The Morgan fingerprint density at radius 2 is 1.90 bits per heavy atom. The van der Waals surface area contributed by atoms with E-state index in [1.54, 1.807) is 19.1 Å². The summed E-state index contributed by atoms with van der Waals surface area (Å²) in [5.74, 6) is -0.774. The van der Waals surface area contributed by atoms with Crippen LogP contribution in [0.5, 0.6) is 0 Å². The van der Waals surface area contributed by atoms with Crippen LogP contribution < -0.4 is 10.2 Å². The molecule has 30 heavy (non-hydrogen) atoms. The van der Waals surface area contributed by atoms with Crippen LogP contribution in [-0.2, 0) is 14.3 Å². The first-order chi connectivity index (χ1) is 14.4. The second kappa shape index (κ2) is 10.0. The van der Waals surface area contributed by atoms with Crippen molar-refractivity contribution in [2.75, 3.05) is 31.2 Å². The summed E-state index contributed by atoms with van der Waals surface area (Å²) in [6.45, 7) is 4.71. The number of hydrogen-bond donors (Lipinski definition) is 4. The first-order valence-corrected chi connectivity index (χ1v) is 9.99. The average molecular weight is 417 g/mol. The quantitative estimate of drug-likeness (QED) is 0.381. The van der Waals surface area contributed by atoms with E-state index in [2.05, 4.69) is 10.2 Å². The van der Waals surface area contributed by atoms with E-state index < -0.39 is 36.6 Å². The van der Waals surface area contributed by atoms with E-state index >= 15 is 0 Å². The highest BCUT2D eigenvalue weighted by atomic mass is 16.6. The summed E-state index contributed by atoms with van der Waals surface area (Å²) in [5, 5.41) is 42.2. The summed E-state index contributed by atoms with van der Waals surface area (Å²) in [7, 11) is 0. The summed E-state index contributed by atoms with van der Waals surface area (Å²) in [4.78, 5) is 14.7. The van der Waals surface area contributed by atoms with Crippen molar-refractivity contribution in [2.24, 2.45) is 0 Å². The lowest BCUT2D eigenvalue weighted by atomic mass is 9.95. The Bertz CT molecular complexity index is 800. The van der Waals surface area contributed by atoms with E-state index in [0.29, 0.717) is 25.2 Å². The predicted octanol–water partition coefficient (Wildman–Crippen LogP) is -0.236. The van der Waals surface area contributed by atoms with Gasteiger partial charge in [0.05, 0.1) is 19.3 Å². The molecule has 1 aromatic rings. The van der Waals surface area contributed by atoms with Crippen LogP contribution in [0, 0.1) is 11.3 Å². The fourth-order valence-corrected chi connectivity index (χ4v) is 3.59. The topological polar surface area (TPSA) is 135 Å². The Balaban J connectivity index is 1.68. The van der Waals surface area contributed by atoms with Gasteiger partial charge in [0.1, 0.15) is 29.9 Å². The number of carbonyl (C=O) groups is 1. The molecule has 4 N–H and O–H groups in total. The molecule has 0 spiro atoms. The van der Waals surface area contributed by atoms with Crippen LogP contribution in [0.4, 0.5) is 5.69 Å². The number of carbonyl (C=O) groups excluding carboxylic acids is 1. The molecule has 0 bridgehead atoms. The number of hydrogen-bond acceptors (Lipinski definition) is 8. The van der Waals surface area contributed by atoms with Crippen LogP contribution in [0.15, 0.2) is 29.8 Å². The lowest BCUT2D eigenvalue weighted by Gasteiger charge is -2.40. The van der Waals surface area contributed by atoms with Gasteiger partial charge in [-0.1, -0.05) is 19.1 Å². The molecule has 1 amide bonds. The fourth-order valence-electron chi connectivity index (χ4n) is 3.59.